The number of aromatic nitrogens is 3. The molecule has 128 valence electrons. The molecule has 1 aliphatic heterocycles. The predicted octanol–water partition coefficient (Wildman–Crippen LogP) is 1.62. The fourth-order valence-electron chi connectivity index (χ4n) is 2.88. The summed E-state index contributed by atoms with van der Waals surface area (Å²) >= 11 is 0. The van der Waals surface area contributed by atoms with Gasteiger partial charge in [0, 0.05) is 39.4 Å². The maximum Gasteiger partial charge on any atom is 0.270 e. The molecule has 1 aliphatic carbocycles. The Morgan fingerprint density at radius 1 is 1.42 bits per heavy atom. The molecule has 7 heteroatoms. The van der Waals surface area contributed by atoms with Crippen LogP contribution >= 0.6 is 0 Å². The summed E-state index contributed by atoms with van der Waals surface area (Å²) in [4.78, 5) is 18.6. The highest BCUT2D eigenvalue weighted by Gasteiger charge is 2.36. The van der Waals surface area contributed by atoms with Crippen LogP contribution in [-0.2, 0) is 18.2 Å². The Labute approximate surface area is 140 Å². The van der Waals surface area contributed by atoms with Gasteiger partial charge in [-0.05, 0) is 30.9 Å². The standard InChI is InChI=1S/C17H22N4O3/c1-20-7-2-3-14(20)17(22)21-9-13(10-21)16-18-15(19-24-16)6-8-23-11-12-4-5-12/h2-3,7,12-13H,4-6,8-11H2,1H3. The lowest BCUT2D eigenvalue weighted by molar-refractivity contribution is 0.0559. The number of carbonyl (C=O) groups excluding carboxylic acids is 1. The zero-order valence-electron chi connectivity index (χ0n) is 13.9. The number of hydrogen-bond acceptors (Lipinski definition) is 5. The summed E-state index contributed by atoms with van der Waals surface area (Å²) in [6.07, 6.45) is 5.15. The smallest absolute Gasteiger partial charge is 0.270 e. The third kappa shape index (κ3) is 3.21. The summed E-state index contributed by atoms with van der Waals surface area (Å²) in [5.74, 6) is 2.28. The number of nitrogens with zero attached hydrogens (tertiary/aromatic N) is 4. The van der Waals surface area contributed by atoms with Gasteiger partial charge in [0.1, 0.15) is 5.69 Å². The van der Waals surface area contributed by atoms with Gasteiger partial charge < -0.3 is 18.7 Å². The normalized spacial score (nSPS) is 18.0. The number of ether oxygens (including phenoxy) is 1. The van der Waals surface area contributed by atoms with Crippen LogP contribution in [0.1, 0.15) is 41.0 Å². The minimum atomic E-state index is 0.0481. The molecule has 2 aromatic heterocycles. The van der Waals surface area contributed by atoms with E-state index in [1.165, 1.54) is 12.8 Å². The van der Waals surface area contributed by atoms with Gasteiger partial charge in [-0.1, -0.05) is 5.16 Å². The minimum absolute atomic E-state index is 0.0481. The largest absolute Gasteiger partial charge is 0.381 e. The Balaban J connectivity index is 1.24. The molecule has 0 bridgehead atoms. The van der Waals surface area contributed by atoms with Gasteiger partial charge in [-0.25, -0.2) is 0 Å². The average molecular weight is 330 g/mol. The van der Waals surface area contributed by atoms with Gasteiger partial charge in [-0.3, -0.25) is 4.79 Å². The zero-order chi connectivity index (χ0) is 16.5. The van der Waals surface area contributed by atoms with Crippen molar-refractivity contribution in [3.8, 4) is 0 Å². The first-order chi connectivity index (χ1) is 11.7. The van der Waals surface area contributed by atoms with Crippen molar-refractivity contribution in [1.29, 1.82) is 0 Å². The van der Waals surface area contributed by atoms with Crippen LogP contribution in [0.3, 0.4) is 0 Å². The molecule has 0 spiro atoms. The van der Waals surface area contributed by atoms with Crippen LogP contribution in [0.4, 0.5) is 0 Å². The van der Waals surface area contributed by atoms with Crippen molar-refractivity contribution in [2.75, 3.05) is 26.3 Å². The fourth-order valence-corrected chi connectivity index (χ4v) is 2.88. The van der Waals surface area contributed by atoms with Crippen LogP contribution in [0.25, 0.3) is 0 Å². The first-order valence-corrected chi connectivity index (χ1v) is 8.51. The first kappa shape index (κ1) is 15.4. The molecule has 1 saturated heterocycles. The van der Waals surface area contributed by atoms with Gasteiger partial charge in [0.25, 0.3) is 5.91 Å². The summed E-state index contributed by atoms with van der Waals surface area (Å²) < 4.78 is 12.8. The second-order valence-electron chi connectivity index (χ2n) is 6.73. The van der Waals surface area contributed by atoms with E-state index in [0.29, 0.717) is 43.5 Å². The van der Waals surface area contributed by atoms with Crippen molar-refractivity contribution < 1.29 is 14.1 Å². The monoisotopic (exact) mass is 330 g/mol. The highest BCUT2D eigenvalue weighted by atomic mass is 16.5. The van der Waals surface area contributed by atoms with Crippen LogP contribution in [0.15, 0.2) is 22.9 Å². The number of rotatable bonds is 7. The van der Waals surface area contributed by atoms with E-state index in [0.717, 1.165) is 12.5 Å². The third-order valence-corrected chi connectivity index (χ3v) is 4.69. The van der Waals surface area contributed by atoms with E-state index < -0.39 is 0 Å². The lowest BCUT2D eigenvalue weighted by atomic mass is 9.99. The molecule has 7 nitrogen and oxygen atoms in total. The molecule has 1 saturated carbocycles. The topological polar surface area (TPSA) is 73.4 Å². The number of likely N-dealkylation sites (tertiary alicyclic amines) is 1. The van der Waals surface area contributed by atoms with Crippen LogP contribution in [0.2, 0.25) is 0 Å². The summed E-state index contributed by atoms with van der Waals surface area (Å²) in [5.41, 5.74) is 0.701. The van der Waals surface area contributed by atoms with Crippen molar-refractivity contribution in [2.24, 2.45) is 13.0 Å². The molecular formula is C17H22N4O3. The molecule has 24 heavy (non-hydrogen) atoms. The molecule has 3 heterocycles. The van der Waals surface area contributed by atoms with E-state index in [4.69, 9.17) is 9.26 Å². The quantitative estimate of drug-likeness (QED) is 0.721. The molecule has 0 N–H and O–H groups in total. The molecular weight excluding hydrogens is 308 g/mol. The molecule has 2 fully saturated rings. The summed E-state index contributed by atoms with van der Waals surface area (Å²) in [6.45, 7) is 2.75. The average Bonchev–Trinajstić information content (AvgIpc) is 3.06. The number of hydrogen-bond donors (Lipinski definition) is 0. The lowest BCUT2D eigenvalue weighted by Crippen LogP contribution is -2.49. The van der Waals surface area contributed by atoms with Gasteiger partial charge in [-0.15, -0.1) is 0 Å². The Morgan fingerprint density at radius 3 is 2.96 bits per heavy atom. The predicted molar refractivity (Wildman–Crippen MR) is 85.6 cm³/mol. The summed E-state index contributed by atoms with van der Waals surface area (Å²) in [7, 11) is 1.88. The molecule has 0 radical (unpaired) electrons. The Bertz CT molecular complexity index is 713. The van der Waals surface area contributed by atoms with E-state index in [1.807, 2.05) is 34.8 Å². The molecule has 0 unspecified atom stereocenters. The second kappa shape index (κ2) is 6.39. The SMILES string of the molecule is Cn1cccc1C(=O)N1CC(c2nc(CCOCC3CC3)no2)C1. The van der Waals surface area contributed by atoms with E-state index in [-0.39, 0.29) is 11.8 Å². The summed E-state index contributed by atoms with van der Waals surface area (Å²) in [6, 6.07) is 3.71. The van der Waals surface area contributed by atoms with E-state index in [2.05, 4.69) is 10.1 Å². The number of carbonyl (C=O) groups is 1. The lowest BCUT2D eigenvalue weighted by Gasteiger charge is -2.37. The zero-order valence-corrected chi connectivity index (χ0v) is 13.9. The van der Waals surface area contributed by atoms with Crippen LogP contribution in [0.5, 0.6) is 0 Å². The molecule has 2 aliphatic rings. The second-order valence-corrected chi connectivity index (χ2v) is 6.73. The van der Waals surface area contributed by atoms with Crippen LogP contribution < -0.4 is 0 Å². The maximum atomic E-state index is 12.3. The summed E-state index contributed by atoms with van der Waals surface area (Å²) in [5, 5.41) is 4.01. The van der Waals surface area contributed by atoms with Crippen molar-refractivity contribution >= 4 is 5.91 Å². The molecule has 4 rings (SSSR count). The molecule has 1 amide bonds. The highest BCUT2D eigenvalue weighted by molar-refractivity contribution is 5.93. The van der Waals surface area contributed by atoms with Gasteiger partial charge in [0.2, 0.25) is 5.89 Å². The Hall–Kier alpha value is -2.15. The maximum absolute atomic E-state index is 12.3. The van der Waals surface area contributed by atoms with E-state index in [1.54, 1.807) is 0 Å². The minimum Gasteiger partial charge on any atom is -0.381 e. The van der Waals surface area contributed by atoms with Crippen molar-refractivity contribution in [1.82, 2.24) is 19.6 Å². The third-order valence-electron chi connectivity index (χ3n) is 4.69. The van der Waals surface area contributed by atoms with Gasteiger partial charge in [0.05, 0.1) is 12.5 Å². The molecule has 0 aromatic carbocycles. The van der Waals surface area contributed by atoms with Crippen LogP contribution in [-0.4, -0.2) is 51.8 Å². The number of aryl methyl sites for hydroxylation is 1. The highest BCUT2D eigenvalue weighted by Crippen LogP contribution is 2.29. The molecule has 2 aromatic rings. The number of amides is 1. The van der Waals surface area contributed by atoms with Crippen molar-refractivity contribution in [3.05, 3.63) is 35.7 Å². The fraction of sp³-hybridized carbons (Fsp3) is 0.588. The van der Waals surface area contributed by atoms with Gasteiger partial charge in [0.15, 0.2) is 5.82 Å². The van der Waals surface area contributed by atoms with Gasteiger partial charge in [-0.2, -0.15) is 4.98 Å². The van der Waals surface area contributed by atoms with Crippen LogP contribution in [0, 0.1) is 5.92 Å². The van der Waals surface area contributed by atoms with Gasteiger partial charge >= 0.3 is 0 Å². The first-order valence-electron chi connectivity index (χ1n) is 8.51. The van der Waals surface area contributed by atoms with E-state index in [9.17, 15) is 4.79 Å². The Morgan fingerprint density at radius 2 is 2.25 bits per heavy atom. The Kier molecular flexibility index (Phi) is 4.10. The van der Waals surface area contributed by atoms with E-state index >= 15 is 0 Å². The van der Waals surface area contributed by atoms with Crippen molar-refractivity contribution in [3.63, 3.8) is 0 Å². The molecule has 0 atom stereocenters. The van der Waals surface area contributed by atoms with Crippen molar-refractivity contribution in [2.45, 2.75) is 25.2 Å².